The van der Waals surface area contributed by atoms with Gasteiger partial charge >= 0.3 is 0 Å². The number of hydrogen-bond acceptors (Lipinski definition) is 2. The summed E-state index contributed by atoms with van der Waals surface area (Å²) in [5, 5.41) is 4.91. The highest BCUT2D eigenvalue weighted by molar-refractivity contribution is 9.10. The maximum atomic E-state index is 5.96. The van der Waals surface area contributed by atoms with Gasteiger partial charge in [-0.2, -0.15) is 5.10 Å². The third-order valence-corrected chi connectivity index (χ3v) is 3.58. The Bertz CT molecular complexity index is 539. The summed E-state index contributed by atoms with van der Waals surface area (Å²) in [4.78, 5) is 0. The van der Waals surface area contributed by atoms with Crippen LogP contribution in [0.15, 0.2) is 28.9 Å². The van der Waals surface area contributed by atoms with Gasteiger partial charge in [0.25, 0.3) is 0 Å². The van der Waals surface area contributed by atoms with Crippen molar-refractivity contribution in [1.29, 1.82) is 0 Å². The molecule has 90 valence electrons. The maximum absolute atomic E-state index is 5.96. The van der Waals surface area contributed by atoms with Crippen LogP contribution in [0.2, 0.25) is 5.02 Å². The Balaban J connectivity index is 2.25. The van der Waals surface area contributed by atoms with Crippen LogP contribution in [-0.4, -0.2) is 16.9 Å². The highest BCUT2D eigenvalue weighted by atomic mass is 79.9. The monoisotopic (exact) mass is 314 g/mol. The summed E-state index contributed by atoms with van der Waals surface area (Å²) in [5.41, 5.74) is 2.11. The lowest BCUT2D eigenvalue weighted by Gasteiger charge is -2.08. The number of halogens is 2. The SMILES string of the molecule is COc1ccc(Cn2ncc(Cl)c2C)cc1Br. The van der Waals surface area contributed by atoms with Crippen LogP contribution in [0.1, 0.15) is 11.3 Å². The first-order chi connectivity index (χ1) is 8.11. The minimum atomic E-state index is 0.692. The first-order valence-corrected chi connectivity index (χ1v) is 6.29. The molecule has 0 saturated heterocycles. The van der Waals surface area contributed by atoms with Gasteiger partial charge < -0.3 is 4.74 Å². The second-order valence-electron chi connectivity index (χ2n) is 3.70. The van der Waals surface area contributed by atoms with Crippen LogP contribution in [0.3, 0.4) is 0 Å². The first-order valence-electron chi connectivity index (χ1n) is 5.12. The Hall–Kier alpha value is -1.000. The van der Waals surface area contributed by atoms with E-state index in [9.17, 15) is 0 Å². The fraction of sp³-hybridized carbons (Fsp3) is 0.250. The van der Waals surface area contributed by atoms with Crippen LogP contribution < -0.4 is 4.74 Å². The molecule has 0 fully saturated rings. The Morgan fingerprint density at radius 1 is 1.47 bits per heavy atom. The molecule has 1 heterocycles. The number of methoxy groups -OCH3 is 1. The van der Waals surface area contributed by atoms with Gasteiger partial charge in [-0.25, -0.2) is 0 Å². The van der Waals surface area contributed by atoms with Gasteiger partial charge in [-0.1, -0.05) is 17.7 Å². The summed E-state index contributed by atoms with van der Waals surface area (Å²) in [7, 11) is 1.65. The maximum Gasteiger partial charge on any atom is 0.133 e. The van der Waals surface area contributed by atoms with Crippen LogP contribution in [0, 0.1) is 6.92 Å². The highest BCUT2D eigenvalue weighted by Crippen LogP contribution is 2.26. The van der Waals surface area contributed by atoms with Crippen molar-refractivity contribution >= 4 is 27.5 Å². The molecule has 0 aliphatic carbocycles. The van der Waals surface area contributed by atoms with Crippen LogP contribution in [-0.2, 0) is 6.54 Å². The van der Waals surface area contributed by atoms with E-state index in [0.717, 1.165) is 21.5 Å². The topological polar surface area (TPSA) is 27.1 Å². The summed E-state index contributed by atoms with van der Waals surface area (Å²) in [6.45, 7) is 2.65. The number of benzene rings is 1. The van der Waals surface area contributed by atoms with Crippen molar-refractivity contribution in [2.45, 2.75) is 13.5 Å². The summed E-state index contributed by atoms with van der Waals surface area (Å²) in [6.07, 6.45) is 1.66. The molecule has 0 atom stereocenters. The number of rotatable bonds is 3. The quantitative estimate of drug-likeness (QED) is 0.864. The van der Waals surface area contributed by atoms with Crippen LogP contribution in [0.4, 0.5) is 0 Å². The van der Waals surface area contributed by atoms with E-state index in [1.165, 1.54) is 0 Å². The molecule has 0 unspecified atom stereocenters. The van der Waals surface area contributed by atoms with E-state index in [0.29, 0.717) is 11.6 Å². The lowest BCUT2D eigenvalue weighted by Crippen LogP contribution is -2.03. The molecular formula is C12H12BrClN2O. The molecule has 2 rings (SSSR count). The van der Waals surface area contributed by atoms with Crippen LogP contribution >= 0.6 is 27.5 Å². The first kappa shape index (κ1) is 12.5. The zero-order valence-corrected chi connectivity index (χ0v) is 11.9. The minimum absolute atomic E-state index is 0.692. The van der Waals surface area contributed by atoms with E-state index in [2.05, 4.69) is 21.0 Å². The third-order valence-electron chi connectivity index (χ3n) is 2.59. The molecule has 0 aliphatic rings. The number of ether oxygens (including phenoxy) is 1. The van der Waals surface area contributed by atoms with E-state index >= 15 is 0 Å². The Morgan fingerprint density at radius 2 is 2.24 bits per heavy atom. The molecule has 2 aromatic rings. The van der Waals surface area contributed by atoms with Crippen molar-refractivity contribution in [1.82, 2.24) is 9.78 Å². The molecular weight excluding hydrogens is 304 g/mol. The highest BCUT2D eigenvalue weighted by Gasteiger charge is 2.06. The van der Waals surface area contributed by atoms with Crippen molar-refractivity contribution in [3.63, 3.8) is 0 Å². The predicted molar refractivity (Wildman–Crippen MR) is 71.8 cm³/mol. The van der Waals surface area contributed by atoms with E-state index in [1.54, 1.807) is 13.3 Å². The van der Waals surface area contributed by atoms with Crippen LogP contribution in [0.25, 0.3) is 0 Å². The van der Waals surface area contributed by atoms with E-state index in [4.69, 9.17) is 16.3 Å². The fourth-order valence-corrected chi connectivity index (χ4v) is 2.29. The van der Waals surface area contributed by atoms with Crippen molar-refractivity contribution < 1.29 is 4.74 Å². The lowest BCUT2D eigenvalue weighted by atomic mass is 10.2. The molecule has 1 aromatic carbocycles. The van der Waals surface area contributed by atoms with Gasteiger partial charge in [0.05, 0.1) is 35.0 Å². The number of hydrogen-bond donors (Lipinski definition) is 0. The lowest BCUT2D eigenvalue weighted by molar-refractivity contribution is 0.412. The number of aromatic nitrogens is 2. The standard InChI is InChI=1S/C12H12BrClN2O/c1-8-11(14)6-15-16(8)7-9-3-4-12(17-2)10(13)5-9/h3-6H,7H2,1-2H3. The molecule has 17 heavy (non-hydrogen) atoms. The summed E-state index contributed by atoms with van der Waals surface area (Å²) in [5.74, 6) is 0.823. The average Bonchev–Trinajstić information content (AvgIpc) is 2.61. The van der Waals surface area contributed by atoms with Crippen molar-refractivity contribution in [2.75, 3.05) is 7.11 Å². The second kappa shape index (κ2) is 5.10. The zero-order valence-electron chi connectivity index (χ0n) is 9.58. The summed E-state index contributed by atoms with van der Waals surface area (Å²) in [6, 6.07) is 5.96. The predicted octanol–water partition coefficient (Wildman–Crippen LogP) is 3.66. The zero-order chi connectivity index (χ0) is 12.4. The number of nitrogens with zero attached hydrogens (tertiary/aromatic N) is 2. The molecule has 0 spiro atoms. The molecule has 5 heteroatoms. The Morgan fingerprint density at radius 3 is 2.76 bits per heavy atom. The molecule has 0 bridgehead atoms. The van der Waals surface area contributed by atoms with E-state index < -0.39 is 0 Å². The Kier molecular flexibility index (Phi) is 3.74. The molecule has 0 aliphatic heterocycles. The molecule has 0 amide bonds. The summed E-state index contributed by atoms with van der Waals surface area (Å²) < 4.78 is 8.00. The minimum Gasteiger partial charge on any atom is -0.496 e. The Labute approximate surface area is 113 Å². The fourth-order valence-electron chi connectivity index (χ4n) is 1.56. The second-order valence-corrected chi connectivity index (χ2v) is 4.97. The molecule has 0 saturated carbocycles. The van der Waals surface area contributed by atoms with Gasteiger partial charge in [-0.15, -0.1) is 0 Å². The van der Waals surface area contributed by atoms with Crippen LogP contribution in [0.5, 0.6) is 5.75 Å². The largest absolute Gasteiger partial charge is 0.496 e. The van der Waals surface area contributed by atoms with E-state index in [-0.39, 0.29) is 0 Å². The average molecular weight is 316 g/mol. The van der Waals surface area contributed by atoms with Crippen molar-refractivity contribution in [2.24, 2.45) is 0 Å². The van der Waals surface area contributed by atoms with Gasteiger partial charge in [0, 0.05) is 0 Å². The normalized spacial score (nSPS) is 10.6. The molecule has 1 aromatic heterocycles. The van der Waals surface area contributed by atoms with Gasteiger partial charge in [-0.05, 0) is 40.5 Å². The van der Waals surface area contributed by atoms with Crippen molar-refractivity contribution in [3.05, 3.63) is 45.1 Å². The van der Waals surface area contributed by atoms with Gasteiger partial charge in [0.1, 0.15) is 5.75 Å². The molecule has 0 radical (unpaired) electrons. The van der Waals surface area contributed by atoms with Crippen molar-refractivity contribution in [3.8, 4) is 5.75 Å². The molecule has 3 nitrogen and oxygen atoms in total. The summed E-state index contributed by atoms with van der Waals surface area (Å²) >= 11 is 9.43. The third kappa shape index (κ3) is 2.64. The molecule has 0 N–H and O–H groups in total. The van der Waals surface area contributed by atoms with Gasteiger partial charge in [0.2, 0.25) is 0 Å². The van der Waals surface area contributed by atoms with Gasteiger partial charge in [0.15, 0.2) is 0 Å². The van der Waals surface area contributed by atoms with Gasteiger partial charge in [-0.3, -0.25) is 4.68 Å². The van der Waals surface area contributed by atoms with E-state index in [1.807, 2.05) is 29.8 Å². The smallest absolute Gasteiger partial charge is 0.133 e.